The van der Waals surface area contributed by atoms with Crippen molar-refractivity contribution < 1.29 is 14.6 Å². The first-order valence-corrected chi connectivity index (χ1v) is 7.72. The van der Waals surface area contributed by atoms with Crippen LogP contribution in [0.25, 0.3) is 10.8 Å². The van der Waals surface area contributed by atoms with Gasteiger partial charge in [-0.1, -0.05) is 36.4 Å². The van der Waals surface area contributed by atoms with Gasteiger partial charge in [0.1, 0.15) is 5.75 Å². The summed E-state index contributed by atoms with van der Waals surface area (Å²) in [6.07, 6.45) is 0. The van der Waals surface area contributed by atoms with E-state index in [1.165, 1.54) is 0 Å². The minimum absolute atomic E-state index is 0.271. The van der Waals surface area contributed by atoms with Crippen molar-refractivity contribution in [3.8, 4) is 5.75 Å². The number of hydrogen-bond donors (Lipinski definition) is 2. The van der Waals surface area contributed by atoms with Crippen LogP contribution < -0.4 is 10.1 Å². The van der Waals surface area contributed by atoms with Crippen LogP contribution in [0.1, 0.15) is 21.5 Å². The van der Waals surface area contributed by atoms with E-state index in [-0.39, 0.29) is 5.56 Å². The molecule has 3 aromatic carbocycles. The number of nitrogens with one attached hydrogen (secondary N) is 1. The third kappa shape index (κ3) is 3.04. The Labute approximate surface area is 140 Å². The lowest BCUT2D eigenvalue weighted by Gasteiger charge is -2.15. The highest BCUT2D eigenvalue weighted by Crippen LogP contribution is 2.29. The summed E-state index contributed by atoms with van der Waals surface area (Å²) in [5.74, 6) is -0.117. The van der Waals surface area contributed by atoms with Crippen LogP contribution in [-0.4, -0.2) is 18.2 Å². The minimum Gasteiger partial charge on any atom is -0.496 e. The summed E-state index contributed by atoms with van der Waals surface area (Å²) >= 11 is 0. The van der Waals surface area contributed by atoms with E-state index >= 15 is 0 Å². The fourth-order valence-corrected chi connectivity index (χ4v) is 2.82. The molecule has 0 unspecified atom stereocenters. The second kappa shape index (κ2) is 6.62. The molecule has 122 valence electrons. The van der Waals surface area contributed by atoms with Crippen LogP contribution in [0.2, 0.25) is 0 Å². The third-order valence-electron chi connectivity index (χ3n) is 4.16. The molecule has 24 heavy (non-hydrogen) atoms. The highest BCUT2D eigenvalue weighted by atomic mass is 16.5. The van der Waals surface area contributed by atoms with E-state index < -0.39 is 5.97 Å². The molecule has 0 amide bonds. The van der Waals surface area contributed by atoms with E-state index in [1.54, 1.807) is 19.2 Å². The van der Waals surface area contributed by atoms with Gasteiger partial charge in [0.25, 0.3) is 0 Å². The van der Waals surface area contributed by atoms with Crippen molar-refractivity contribution in [2.45, 2.75) is 13.5 Å². The molecule has 2 N–H and O–H groups in total. The zero-order chi connectivity index (χ0) is 17.1. The van der Waals surface area contributed by atoms with E-state index in [0.29, 0.717) is 6.54 Å². The van der Waals surface area contributed by atoms with E-state index in [4.69, 9.17) is 9.84 Å². The first-order valence-electron chi connectivity index (χ1n) is 7.72. The van der Waals surface area contributed by atoms with Gasteiger partial charge in [0.05, 0.1) is 12.7 Å². The number of carboxylic acid groups (broad SMARTS) is 1. The van der Waals surface area contributed by atoms with Crippen LogP contribution in [0, 0.1) is 6.92 Å². The maximum atomic E-state index is 11.2. The molecule has 4 heteroatoms. The number of anilines is 1. The van der Waals surface area contributed by atoms with E-state index in [0.717, 1.165) is 33.3 Å². The summed E-state index contributed by atoms with van der Waals surface area (Å²) in [5.41, 5.74) is 3.13. The molecule has 0 saturated carbocycles. The molecule has 0 bridgehead atoms. The fourth-order valence-electron chi connectivity index (χ4n) is 2.82. The standard InChI is InChI=1S/C20H19NO3/c1-13-7-8-15(20(22)23)11-18(13)21-12-17-16-6-4-3-5-14(16)9-10-19(17)24-2/h3-11,21H,12H2,1-2H3,(H,22,23). The van der Waals surface area contributed by atoms with Crippen LogP contribution in [0.3, 0.4) is 0 Å². The molecule has 0 heterocycles. The van der Waals surface area contributed by atoms with Gasteiger partial charge in [0, 0.05) is 17.8 Å². The number of aryl methyl sites for hydroxylation is 1. The van der Waals surface area contributed by atoms with E-state index in [2.05, 4.69) is 17.4 Å². The Hall–Kier alpha value is -3.01. The predicted octanol–water partition coefficient (Wildman–Crippen LogP) is 4.47. The quantitative estimate of drug-likeness (QED) is 0.728. The maximum Gasteiger partial charge on any atom is 0.335 e. The highest BCUT2D eigenvalue weighted by Gasteiger charge is 2.10. The molecule has 3 rings (SSSR count). The normalized spacial score (nSPS) is 10.6. The van der Waals surface area contributed by atoms with Gasteiger partial charge in [0.2, 0.25) is 0 Å². The van der Waals surface area contributed by atoms with Gasteiger partial charge in [-0.05, 0) is 41.5 Å². The van der Waals surface area contributed by atoms with E-state index in [1.807, 2.05) is 37.3 Å². The van der Waals surface area contributed by atoms with Gasteiger partial charge < -0.3 is 15.2 Å². The number of hydrogen-bond acceptors (Lipinski definition) is 3. The first-order chi connectivity index (χ1) is 11.6. The number of ether oxygens (including phenoxy) is 1. The smallest absolute Gasteiger partial charge is 0.335 e. The lowest BCUT2D eigenvalue weighted by molar-refractivity contribution is 0.0697. The Morgan fingerprint density at radius 2 is 1.92 bits per heavy atom. The number of benzene rings is 3. The molecule has 0 atom stereocenters. The van der Waals surface area contributed by atoms with Crippen LogP contribution in [0.15, 0.2) is 54.6 Å². The molecule has 0 aliphatic heterocycles. The molecule has 0 radical (unpaired) electrons. The minimum atomic E-state index is -0.930. The highest BCUT2D eigenvalue weighted by molar-refractivity contribution is 5.90. The fraction of sp³-hybridized carbons (Fsp3) is 0.150. The third-order valence-corrected chi connectivity index (χ3v) is 4.16. The van der Waals surface area contributed by atoms with Gasteiger partial charge in [-0.2, -0.15) is 0 Å². The van der Waals surface area contributed by atoms with Gasteiger partial charge in [-0.15, -0.1) is 0 Å². The molecule has 0 aliphatic rings. The van der Waals surface area contributed by atoms with Gasteiger partial charge in [-0.25, -0.2) is 4.79 Å². The van der Waals surface area contributed by atoms with E-state index in [9.17, 15) is 4.79 Å². The number of fused-ring (bicyclic) bond motifs is 1. The molecule has 0 fully saturated rings. The van der Waals surface area contributed by atoms with Crippen molar-refractivity contribution >= 4 is 22.4 Å². The Kier molecular flexibility index (Phi) is 4.38. The second-order valence-electron chi connectivity index (χ2n) is 5.66. The van der Waals surface area contributed by atoms with Gasteiger partial charge in [0.15, 0.2) is 0 Å². The number of rotatable bonds is 5. The Balaban J connectivity index is 1.96. The van der Waals surface area contributed by atoms with Crippen molar-refractivity contribution in [2.75, 3.05) is 12.4 Å². The molecular formula is C20H19NO3. The Morgan fingerprint density at radius 1 is 1.12 bits per heavy atom. The number of aromatic carboxylic acids is 1. The first kappa shape index (κ1) is 15.9. The number of carboxylic acids is 1. The molecule has 3 aromatic rings. The molecule has 4 nitrogen and oxygen atoms in total. The van der Waals surface area contributed by atoms with Crippen LogP contribution in [-0.2, 0) is 6.54 Å². The number of methoxy groups -OCH3 is 1. The van der Waals surface area contributed by atoms with Crippen LogP contribution in [0.4, 0.5) is 5.69 Å². The van der Waals surface area contributed by atoms with Crippen molar-refractivity contribution in [1.29, 1.82) is 0 Å². The predicted molar refractivity (Wildman–Crippen MR) is 96.0 cm³/mol. The van der Waals surface area contributed by atoms with Crippen molar-refractivity contribution in [1.82, 2.24) is 0 Å². The molecule has 0 spiro atoms. The molecular weight excluding hydrogens is 302 g/mol. The average molecular weight is 321 g/mol. The van der Waals surface area contributed by atoms with Crippen molar-refractivity contribution in [2.24, 2.45) is 0 Å². The summed E-state index contributed by atoms with van der Waals surface area (Å²) in [4.78, 5) is 11.2. The van der Waals surface area contributed by atoms with Crippen molar-refractivity contribution in [3.63, 3.8) is 0 Å². The Bertz CT molecular complexity index is 903. The average Bonchev–Trinajstić information content (AvgIpc) is 2.60. The largest absolute Gasteiger partial charge is 0.496 e. The molecule has 0 aliphatic carbocycles. The zero-order valence-electron chi connectivity index (χ0n) is 13.7. The van der Waals surface area contributed by atoms with Gasteiger partial charge >= 0.3 is 5.97 Å². The van der Waals surface area contributed by atoms with Crippen LogP contribution >= 0.6 is 0 Å². The number of carbonyl (C=O) groups is 1. The van der Waals surface area contributed by atoms with Gasteiger partial charge in [-0.3, -0.25) is 0 Å². The monoisotopic (exact) mass is 321 g/mol. The summed E-state index contributed by atoms with van der Waals surface area (Å²) in [7, 11) is 1.66. The SMILES string of the molecule is COc1ccc2ccccc2c1CNc1cc(C(=O)O)ccc1C. The lowest BCUT2D eigenvalue weighted by atomic mass is 10.0. The summed E-state index contributed by atoms with van der Waals surface area (Å²) in [6.45, 7) is 2.50. The summed E-state index contributed by atoms with van der Waals surface area (Å²) < 4.78 is 5.50. The zero-order valence-corrected chi connectivity index (χ0v) is 13.7. The lowest BCUT2D eigenvalue weighted by Crippen LogP contribution is -2.05. The van der Waals surface area contributed by atoms with Crippen LogP contribution in [0.5, 0.6) is 5.75 Å². The summed E-state index contributed by atoms with van der Waals surface area (Å²) in [6, 6.07) is 17.2. The second-order valence-corrected chi connectivity index (χ2v) is 5.66. The molecule has 0 saturated heterocycles. The summed E-state index contributed by atoms with van der Waals surface area (Å²) in [5, 5.41) is 14.8. The topological polar surface area (TPSA) is 58.6 Å². The Morgan fingerprint density at radius 3 is 2.67 bits per heavy atom. The molecule has 0 aromatic heterocycles. The van der Waals surface area contributed by atoms with Crippen molar-refractivity contribution in [3.05, 3.63) is 71.3 Å². The maximum absolute atomic E-state index is 11.2.